The highest BCUT2D eigenvalue weighted by atomic mass is 19.1. The zero-order chi connectivity index (χ0) is 12.1. The highest BCUT2D eigenvalue weighted by Gasteiger charge is 2.06. The molecule has 0 aromatic heterocycles. The summed E-state index contributed by atoms with van der Waals surface area (Å²) in [5.41, 5.74) is 7.42. The van der Waals surface area contributed by atoms with Crippen LogP contribution < -0.4 is 11.2 Å². The molecule has 0 unspecified atom stereocenters. The van der Waals surface area contributed by atoms with Gasteiger partial charge in [-0.2, -0.15) is 10.4 Å². The number of rotatable bonds is 3. The Kier molecular flexibility index (Phi) is 3.56. The number of halogens is 1. The van der Waals surface area contributed by atoms with E-state index in [1.165, 1.54) is 18.2 Å². The minimum Gasteiger partial charge on any atom is -0.364 e. The molecule has 16 heavy (non-hydrogen) atoms. The van der Waals surface area contributed by atoms with Gasteiger partial charge in [-0.1, -0.05) is 6.07 Å². The van der Waals surface area contributed by atoms with E-state index < -0.39 is 17.4 Å². The van der Waals surface area contributed by atoms with E-state index >= 15 is 0 Å². The molecule has 0 bridgehead atoms. The van der Waals surface area contributed by atoms with E-state index in [4.69, 9.17) is 11.0 Å². The predicted molar refractivity (Wildman–Crippen MR) is 57.0 cm³/mol. The number of amides is 1. The molecule has 0 fully saturated rings. The van der Waals surface area contributed by atoms with E-state index in [0.29, 0.717) is 0 Å². The molecule has 3 N–H and O–H groups in total. The summed E-state index contributed by atoms with van der Waals surface area (Å²) in [6.07, 6.45) is 0. The molecule has 1 rings (SSSR count). The van der Waals surface area contributed by atoms with E-state index in [1.807, 2.05) is 0 Å². The molecule has 0 aliphatic heterocycles. The van der Waals surface area contributed by atoms with E-state index in [-0.39, 0.29) is 5.69 Å². The predicted octanol–water partition coefficient (Wildman–Crippen LogP) is 0.911. The summed E-state index contributed by atoms with van der Waals surface area (Å²) in [4.78, 5) is 10.6. The molecular weight excluding hydrogens is 211 g/mol. The smallest absolute Gasteiger partial charge is 0.280 e. The highest BCUT2D eigenvalue weighted by Crippen LogP contribution is 2.14. The number of hydrazone groups is 1. The van der Waals surface area contributed by atoms with Crippen molar-refractivity contribution in [1.29, 1.82) is 5.26 Å². The molecule has 0 aliphatic rings. The van der Waals surface area contributed by atoms with Gasteiger partial charge in [0.25, 0.3) is 5.91 Å². The second-order valence-corrected chi connectivity index (χ2v) is 3.03. The van der Waals surface area contributed by atoms with Gasteiger partial charge >= 0.3 is 0 Å². The van der Waals surface area contributed by atoms with Crippen LogP contribution in [0.4, 0.5) is 10.1 Å². The first-order valence-corrected chi connectivity index (χ1v) is 4.34. The lowest BCUT2D eigenvalue weighted by Gasteiger charge is -2.02. The van der Waals surface area contributed by atoms with Crippen LogP contribution in [-0.2, 0) is 4.79 Å². The van der Waals surface area contributed by atoms with Gasteiger partial charge in [-0.05, 0) is 24.6 Å². The molecule has 0 atom stereocenters. The van der Waals surface area contributed by atoms with Crippen LogP contribution >= 0.6 is 0 Å². The van der Waals surface area contributed by atoms with E-state index in [2.05, 4.69) is 10.5 Å². The first kappa shape index (κ1) is 11.7. The number of nitrogens with two attached hydrogens (primary N) is 1. The van der Waals surface area contributed by atoms with Crippen LogP contribution in [-0.4, -0.2) is 11.6 Å². The van der Waals surface area contributed by atoms with Crippen molar-refractivity contribution in [1.82, 2.24) is 0 Å². The lowest BCUT2D eigenvalue weighted by atomic mass is 10.2. The quantitative estimate of drug-likeness (QED) is 0.585. The second-order valence-electron chi connectivity index (χ2n) is 3.03. The highest BCUT2D eigenvalue weighted by molar-refractivity contribution is 6.44. The fraction of sp³-hybridized carbons (Fsp3) is 0.100. The van der Waals surface area contributed by atoms with Gasteiger partial charge in [0.2, 0.25) is 5.71 Å². The van der Waals surface area contributed by atoms with Crippen LogP contribution in [0.25, 0.3) is 0 Å². The van der Waals surface area contributed by atoms with Crippen LogP contribution in [0.15, 0.2) is 23.3 Å². The summed E-state index contributed by atoms with van der Waals surface area (Å²) in [6.45, 7) is 1.74. The summed E-state index contributed by atoms with van der Waals surface area (Å²) in [5, 5.41) is 11.9. The number of primary amides is 1. The van der Waals surface area contributed by atoms with Crippen molar-refractivity contribution < 1.29 is 9.18 Å². The van der Waals surface area contributed by atoms with Gasteiger partial charge in [-0.15, -0.1) is 0 Å². The second kappa shape index (κ2) is 4.89. The maximum absolute atomic E-state index is 13.3. The molecule has 82 valence electrons. The molecule has 0 heterocycles. The molecule has 1 aromatic rings. The van der Waals surface area contributed by atoms with Gasteiger partial charge in [0.1, 0.15) is 11.9 Å². The third kappa shape index (κ3) is 2.78. The number of nitrogens with one attached hydrogen (secondary N) is 1. The van der Waals surface area contributed by atoms with Crippen molar-refractivity contribution in [3.05, 3.63) is 29.6 Å². The average Bonchev–Trinajstić information content (AvgIpc) is 2.21. The summed E-state index contributed by atoms with van der Waals surface area (Å²) < 4.78 is 13.3. The van der Waals surface area contributed by atoms with Crippen LogP contribution in [0.1, 0.15) is 5.56 Å². The number of anilines is 1. The van der Waals surface area contributed by atoms with E-state index in [0.717, 1.165) is 5.56 Å². The Morgan fingerprint density at radius 2 is 2.31 bits per heavy atom. The molecule has 5 nitrogen and oxygen atoms in total. The largest absolute Gasteiger partial charge is 0.364 e. The maximum Gasteiger partial charge on any atom is 0.280 e. The van der Waals surface area contributed by atoms with Gasteiger partial charge in [0.05, 0.1) is 5.69 Å². The first-order chi connectivity index (χ1) is 7.54. The van der Waals surface area contributed by atoms with Crippen molar-refractivity contribution in [3.8, 4) is 6.07 Å². The van der Waals surface area contributed by atoms with Gasteiger partial charge in [0, 0.05) is 0 Å². The fourth-order valence-corrected chi connectivity index (χ4v) is 0.962. The van der Waals surface area contributed by atoms with Gasteiger partial charge in [-0.25, -0.2) is 4.39 Å². The van der Waals surface area contributed by atoms with E-state index in [9.17, 15) is 9.18 Å². The number of nitrogens with zero attached hydrogens (tertiary/aromatic N) is 2. The topological polar surface area (TPSA) is 91.3 Å². The Bertz CT molecular complexity index is 490. The van der Waals surface area contributed by atoms with Crippen molar-refractivity contribution in [2.75, 3.05) is 5.43 Å². The van der Waals surface area contributed by atoms with Crippen LogP contribution in [0.5, 0.6) is 0 Å². The number of hydrogen-bond acceptors (Lipinski definition) is 4. The molecule has 0 radical (unpaired) electrons. The number of hydrogen-bond donors (Lipinski definition) is 2. The Labute approximate surface area is 91.4 Å². The molecule has 0 saturated carbocycles. The zero-order valence-electron chi connectivity index (χ0n) is 8.49. The van der Waals surface area contributed by atoms with Gasteiger partial charge < -0.3 is 5.73 Å². The Morgan fingerprint density at radius 1 is 1.62 bits per heavy atom. The summed E-state index contributed by atoms with van der Waals surface area (Å²) in [6, 6.07) is 5.91. The average molecular weight is 220 g/mol. The standard InChI is InChI=1S/C10H9FN4O/c1-6-2-3-8(7(11)4-6)14-15-9(5-12)10(13)16/h2-4,14H,1H3,(H2,13,16)/b15-9-. The number of nitriles is 1. The number of aryl methyl sites for hydroxylation is 1. The molecule has 0 spiro atoms. The van der Waals surface area contributed by atoms with Gasteiger partial charge in [-0.3, -0.25) is 10.2 Å². The van der Waals surface area contributed by atoms with Gasteiger partial charge in [0.15, 0.2) is 0 Å². The molecule has 6 heteroatoms. The molecule has 0 aliphatic carbocycles. The monoisotopic (exact) mass is 220 g/mol. The Balaban J connectivity index is 2.90. The minimum atomic E-state index is -0.970. The molecule has 1 aromatic carbocycles. The first-order valence-electron chi connectivity index (χ1n) is 4.34. The summed E-state index contributed by atoms with van der Waals surface area (Å²) >= 11 is 0. The lowest BCUT2D eigenvalue weighted by Crippen LogP contribution is -2.22. The molecule has 1 amide bonds. The van der Waals surface area contributed by atoms with Crippen molar-refractivity contribution in [3.63, 3.8) is 0 Å². The van der Waals surface area contributed by atoms with Crippen LogP contribution in [0.3, 0.4) is 0 Å². The summed E-state index contributed by atoms with van der Waals surface area (Å²) in [7, 11) is 0. The summed E-state index contributed by atoms with van der Waals surface area (Å²) in [5.74, 6) is -1.49. The zero-order valence-corrected chi connectivity index (χ0v) is 8.49. The number of benzene rings is 1. The number of carbonyl (C=O) groups excluding carboxylic acids is 1. The van der Waals surface area contributed by atoms with Crippen molar-refractivity contribution >= 4 is 17.3 Å². The normalized spacial score (nSPS) is 10.7. The van der Waals surface area contributed by atoms with Crippen LogP contribution in [0.2, 0.25) is 0 Å². The minimum absolute atomic E-state index is 0.0691. The van der Waals surface area contributed by atoms with Crippen LogP contribution in [0, 0.1) is 24.1 Å². The Morgan fingerprint density at radius 3 is 2.81 bits per heavy atom. The lowest BCUT2D eigenvalue weighted by molar-refractivity contribution is -0.111. The van der Waals surface area contributed by atoms with E-state index in [1.54, 1.807) is 13.0 Å². The molecule has 0 saturated heterocycles. The third-order valence-electron chi connectivity index (χ3n) is 1.75. The van der Waals surface area contributed by atoms with Crippen molar-refractivity contribution in [2.24, 2.45) is 10.8 Å². The number of carbonyl (C=O) groups is 1. The maximum atomic E-state index is 13.3. The molecular formula is C10H9FN4O. The Hall–Kier alpha value is -2.42. The SMILES string of the molecule is Cc1ccc(N/N=C(/C#N)C(N)=O)c(F)c1. The van der Waals surface area contributed by atoms with Crippen molar-refractivity contribution in [2.45, 2.75) is 6.92 Å². The fourth-order valence-electron chi connectivity index (χ4n) is 0.962. The third-order valence-corrected chi connectivity index (χ3v) is 1.75.